The summed E-state index contributed by atoms with van der Waals surface area (Å²) in [5, 5.41) is 12.5. The summed E-state index contributed by atoms with van der Waals surface area (Å²) in [6, 6.07) is 6.87. The second-order valence-corrected chi connectivity index (χ2v) is 7.17. The lowest BCUT2D eigenvalue weighted by Gasteiger charge is -2.37. The van der Waals surface area contributed by atoms with Gasteiger partial charge in [0.15, 0.2) is 0 Å². The van der Waals surface area contributed by atoms with Gasteiger partial charge in [0.25, 0.3) is 0 Å². The third-order valence-corrected chi connectivity index (χ3v) is 5.01. The Hall–Kier alpha value is -1.95. The Morgan fingerprint density at radius 1 is 1.54 bits per heavy atom. The lowest BCUT2D eigenvalue weighted by molar-refractivity contribution is -0.142. The highest BCUT2D eigenvalue weighted by Gasteiger charge is 2.38. The molecule has 0 aromatic heterocycles. The summed E-state index contributed by atoms with van der Waals surface area (Å²) in [6.07, 6.45) is 1.09. The summed E-state index contributed by atoms with van der Waals surface area (Å²) in [4.78, 5) is 24.4. The number of carboxylic acid groups (broad SMARTS) is 1. The maximum atomic E-state index is 14.7. The average molecular weight is 336 g/mol. The molecule has 1 fully saturated rings. The molecule has 1 aliphatic rings. The van der Waals surface area contributed by atoms with Crippen LogP contribution in [0.4, 0.5) is 10.1 Å². The van der Waals surface area contributed by atoms with E-state index >= 15 is 0 Å². The third kappa shape index (κ3) is 3.75. The summed E-state index contributed by atoms with van der Waals surface area (Å²) in [7, 11) is 0. The van der Waals surface area contributed by atoms with Gasteiger partial charge in [0.2, 0.25) is 6.41 Å². The van der Waals surface area contributed by atoms with Crippen molar-refractivity contribution in [1.82, 2.24) is 5.32 Å². The summed E-state index contributed by atoms with van der Waals surface area (Å²) in [5.41, 5.74) is -1.21. The summed E-state index contributed by atoms with van der Waals surface area (Å²) in [6.45, 7) is 6.20. The zero-order valence-corrected chi connectivity index (χ0v) is 14.4. The van der Waals surface area contributed by atoms with Gasteiger partial charge < -0.3 is 15.3 Å². The first kappa shape index (κ1) is 18.4. The van der Waals surface area contributed by atoms with Crippen LogP contribution in [0, 0.1) is 5.92 Å². The molecule has 2 N–H and O–H groups in total. The first-order valence-electron chi connectivity index (χ1n) is 8.14. The van der Waals surface area contributed by atoms with Crippen molar-refractivity contribution < 1.29 is 19.1 Å². The predicted molar refractivity (Wildman–Crippen MR) is 91.0 cm³/mol. The van der Waals surface area contributed by atoms with Crippen LogP contribution in [0.1, 0.15) is 32.8 Å². The maximum absolute atomic E-state index is 14.7. The Balaban J connectivity index is 2.25. The fraction of sp³-hybridized carbons (Fsp3) is 0.556. The number of amides is 1. The van der Waals surface area contributed by atoms with Gasteiger partial charge in [0, 0.05) is 24.7 Å². The van der Waals surface area contributed by atoms with Crippen molar-refractivity contribution in [1.29, 1.82) is 0 Å². The Bertz CT molecular complexity index is 616. The van der Waals surface area contributed by atoms with Crippen molar-refractivity contribution in [2.75, 3.05) is 24.5 Å². The van der Waals surface area contributed by atoms with Gasteiger partial charge in [-0.25, -0.2) is 4.39 Å². The van der Waals surface area contributed by atoms with Gasteiger partial charge in [-0.1, -0.05) is 12.1 Å². The number of alkyl halides is 1. The maximum Gasteiger partial charge on any atom is 0.313 e. The largest absolute Gasteiger partial charge is 0.481 e. The molecule has 1 aromatic rings. The SMILES string of the molecule is CC(C)(C(=O)O)c1cccc(N(C=O)CC2CNCCC2(C)F)c1. The van der Waals surface area contributed by atoms with E-state index in [2.05, 4.69) is 5.32 Å². The number of piperidine rings is 1. The number of carbonyl (C=O) groups excluding carboxylic acids is 1. The molecule has 0 bridgehead atoms. The minimum absolute atomic E-state index is 0.250. The van der Waals surface area contributed by atoms with Gasteiger partial charge in [-0.05, 0) is 51.4 Å². The van der Waals surface area contributed by atoms with Crippen LogP contribution in [-0.4, -0.2) is 42.8 Å². The van der Waals surface area contributed by atoms with Crippen molar-refractivity contribution >= 4 is 18.1 Å². The molecule has 1 aliphatic heterocycles. The van der Waals surface area contributed by atoms with E-state index < -0.39 is 17.1 Å². The lowest BCUT2D eigenvalue weighted by atomic mass is 9.83. The van der Waals surface area contributed by atoms with Gasteiger partial charge in [0.1, 0.15) is 5.67 Å². The van der Waals surface area contributed by atoms with Crippen LogP contribution in [0.5, 0.6) is 0 Å². The van der Waals surface area contributed by atoms with Gasteiger partial charge in [-0.15, -0.1) is 0 Å². The Labute approximate surface area is 141 Å². The fourth-order valence-electron chi connectivity index (χ4n) is 2.92. The molecular formula is C18H25FN2O3. The lowest BCUT2D eigenvalue weighted by Crippen LogP contribution is -2.50. The normalized spacial score (nSPS) is 24.4. The highest BCUT2D eigenvalue weighted by Crippen LogP contribution is 2.31. The first-order chi connectivity index (χ1) is 11.2. The van der Waals surface area contributed by atoms with Crippen LogP contribution in [0.2, 0.25) is 0 Å². The number of carbonyl (C=O) groups is 2. The van der Waals surface area contributed by atoms with E-state index in [1.165, 1.54) is 4.90 Å². The fourth-order valence-corrected chi connectivity index (χ4v) is 2.92. The molecule has 1 amide bonds. The number of halogens is 1. The van der Waals surface area contributed by atoms with E-state index in [9.17, 15) is 19.1 Å². The zero-order chi connectivity index (χ0) is 18.0. The number of anilines is 1. The molecule has 6 heteroatoms. The molecule has 5 nitrogen and oxygen atoms in total. The molecule has 24 heavy (non-hydrogen) atoms. The summed E-state index contributed by atoms with van der Waals surface area (Å²) >= 11 is 0. The molecule has 1 saturated heterocycles. The van der Waals surface area contributed by atoms with Gasteiger partial charge in [-0.3, -0.25) is 9.59 Å². The van der Waals surface area contributed by atoms with Crippen molar-refractivity contribution in [2.45, 2.75) is 38.3 Å². The van der Waals surface area contributed by atoms with E-state index in [0.29, 0.717) is 37.2 Å². The number of nitrogens with zero attached hydrogens (tertiary/aromatic N) is 1. The number of carboxylic acids is 1. The second kappa shape index (κ2) is 6.89. The molecule has 1 aromatic carbocycles. The number of benzene rings is 1. The molecular weight excluding hydrogens is 311 g/mol. The van der Waals surface area contributed by atoms with E-state index in [-0.39, 0.29) is 12.5 Å². The van der Waals surface area contributed by atoms with E-state index in [4.69, 9.17) is 0 Å². The summed E-state index contributed by atoms with van der Waals surface area (Å²) < 4.78 is 14.7. The summed E-state index contributed by atoms with van der Waals surface area (Å²) in [5.74, 6) is -1.25. The number of nitrogens with one attached hydrogen (secondary N) is 1. The molecule has 1 heterocycles. The number of aliphatic carboxylic acids is 1. The van der Waals surface area contributed by atoms with Gasteiger partial charge in [0.05, 0.1) is 5.41 Å². The Morgan fingerprint density at radius 3 is 2.83 bits per heavy atom. The van der Waals surface area contributed by atoms with E-state index in [1.54, 1.807) is 45.0 Å². The first-order valence-corrected chi connectivity index (χ1v) is 8.14. The van der Waals surface area contributed by atoms with Crippen LogP contribution in [0.3, 0.4) is 0 Å². The van der Waals surface area contributed by atoms with Crippen molar-refractivity contribution in [2.24, 2.45) is 5.92 Å². The standard InChI is InChI=1S/C18H25FN2O3/c1-17(2,16(23)24)13-5-4-6-15(9-13)21(12-22)11-14-10-20-8-7-18(14,3)19/h4-6,9,12,14,20H,7-8,10-11H2,1-3H3,(H,23,24). The molecule has 0 radical (unpaired) electrons. The van der Waals surface area contributed by atoms with Crippen LogP contribution in [-0.2, 0) is 15.0 Å². The minimum Gasteiger partial charge on any atom is -0.481 e. The Kier molecular flexibility index (Phi) is 5.28. The monoisotopic (exact) mass is 336 g/mol. The zero-order valence-electron chi connectivity index (χ0n) is 14.4. The molecule has 132 valence electrons. The Morgan fingerprint density at radius 2 is 2.25 bits per heavy atom. The molecule has 0 saturated carbocycles. The molecule has 0 spiro atoms. The average Bonchev–Trinajstić information content (AvgIpc) is 2.53. The van der Waals surface area contributed by atoms with Gasteiger partial charge >= 0.3 is 5.97 Å². The quantitative estimate of drug-likeness (QED) is 0.783. The van der Waals surface area contributed by atoms with Crippen molar-refractivity contribution in [3.8, 4) is 0 Å². The second-order valence-electron chi connectivity index (χ2n) is 7.17. The van der Waals surface area contributed by atoms with E-state index in [0.717, 1.165) is 0 Å². The topological polar surface area (TPSA) is 69.6 Å². The van der Waals surface area contributed by atoms with Crippen molar-refractivity contribution in [3.05, 3.63) is 29.8 Å². The highest BCUT2D eigenvalue weighted by molar-refractivity contribution is 5.82. The molecule has 2 atom stereocenters. The smallest absolute Gasteiger partial charge is 0.313 e. The molecule has 2 rings (SSSR count). The van der Waals surface area contributed by atoms with Crippen LogP contribution >= 0.6 is 0 Å². The van der Waals surface area contributed by atoms with Crippen LogP contribution in [0.25, 0.3) is 0 Å². The van der Waals surface area contributed by atoms with Crippen LogP contribution < -0.4 is 10.2 Å². The number of rotatable bonds is 6. The number of hydrogen-bond donors (Lipinski definition) is 2. The van der Waals surface area contributed by atoms with Crippen molar-refractivity contribution in [3.63, 3.8) is 0 Å². The van der Waals surface area contributed by atoms with E-state index in [1.807, 2.05) is 0 Å². The minimum atomic E-state index is -1.33. The van der Waals surface area contributed by atoms with Gasteiger partial charge in [-0.2, -0.15) is 0 Å². The predicted octanol–water partition coefficient (Wildman–Crippen LogP) is 2.35. The highest BCUT2D eigenvalue weighted by atomic mass is 19.1. The third-order valence-electron chi connectivity index (χ3n) is 5.01. The van der Waals surface area contributed by atoms with Crippen LogP contribution in [0.15, 0.2) is 24.3 Å². The molecule has 0 aliphatic carbocycles. The molecule has 2 unspecified atom stereocenters. The number of hydrogen-bond acceptors (Lipinski definition) is 3.